The molecule has 2 saturated heterocycles. The van der Waals surface area contributed by atoms with E-state index < -0.39 is 0 Å². The van der Waals surface area contributed by atoms with Gasteiger partial charge in [-0.05, 0) is 131 Å². The number of benzene rings is 1. The lowest BCUT2D eigenvalue weighted by molar-refractivity contribution is 0.175. The molecule has 0 bridgehead atoms. The lowest BCUT2D eigenvalue weighted by atomic mass is 9.80. The first-order valence-electron chi connectivity index (χ1n) is 23.8. The Bertz CT molecular complexity index is 2100. The number of hydrogen-bond donors (Lipinski definition) is 3. The highest BCUT2D eigenvalue weighted by Gasteiger charge is 2.37. The Balaban J connectivity index is 1.21. The minimum atomic E-state index is -0.0104. The Morgan fingerprint density at radius 2 is 1.89 bits per heavy atom. The van der Waals surface area contributed by atoms with E-state index in [1.54, 1.807) is 11.3 Å². The van der Waals surface area contributed by atoms with E-state index in [9.17, 15) is 0 Å². The van der Waals surface area contributed by atoms with Crippen molar-refractivity contribution < 1.29 is 0 Å². The van der Waals surface area contributed by atoms with Crippen molar-refractivity contribution in [2.24, 2.45) is 17.3 Å². The SMILES string of the molecule is C=CCCC(C)(C)Cc1c(-c2cccnc2C(C)C)n(CC)c2ccc(-c3csc(CC(NC(=C)C(C4CCCC4)N4CCC(CNCC)C4)C(=C)N4CCCCN4)n3)cc12. The minimum absolute atomic E-state index is 0.0104. The van der Waals surface area contributed by atoms with Gasteiger partial charge in [-0.25, -0.2) is 10.4 Å². The second-order valence-corrected chi connectivity index (χ2v) is 20.3. The van der Waals surface area contributed by atoms with Crippen LogP contribution in [0.5, 0.6) is 0 Å². The Labute approximate surface area is 372 Å². The number of rotatable bonds is 21. The molecule has 2 aliphatic heterocycles. The molecular formula is C52H76N8S. The van der Waals surface area contributed by atoms with Gasteiger partial charge in [0.25, 0.3) is 0 Å². The van der Waals surface area contributed by atoms with E-state index in [-0.39, 0.29) is 11.5 Å². The summed E-state index contributed by atoms with van der Waals surface area (Å²) in [6.45, 7) is 34.8. The van der Waals surface area contributed by atoms with Gasteiger partial charge in [-0.15, -0.1) is 17.9 Å². The van der Waals surface area contributed by atoms with Crippen LogP contribution in [0.3, 0.4) is 0 Å². The molecule has 1 aliphatic carbocycles. The number of allylic oxidation sites excluding steroid dienone is 1. The average Bonchev–Trinajstić information content (AvgIpc) is 4.10. The summed E-state index contributed by atoms with van der Waals surface area (Å²) >= 11 is 1.77. The van der Waals surface area contributed by atoms with Gasteiger partial charge in [0.15, 0.2) is 0 Å². The molecule has 61 heavy (non-hydrogen) atoms. The van der Waals surface area contributed by atoms with Gasteiger partial charge in [-0.1, -0.05) is 72.8 Å². The lowest BCUT2D eigenvalue weighted by Gasteiger charge is -2.39. The number of aromatic nitrogens is 3. The molecule has 3 atom stereocenters. The zero-order valence-corrected chi connectivity index (χ0v) is 39.3. The van der Waals surface area contributed by atoms with Gasteiger partial charge in [0.2, 0.25) is 0 Å². The summed E-state index contributed by atoms with van der Waals surface area (Å²) < 4.78 is 2.53. The first kappa shape index (κ1) is 45.3. The van der Waals surface area contributed by atoms with Crippen molar-refractivity contribution in [1.29, 1.82) is 0 Å². The number of thiazole rings is 1. The smallest absolute Gasteiger partial charge is 0.0957 e. The van der Waals surface area contributed by atoms with Crippen LogP contribution in [0, 0.1) is 17.3 Å². The number of aryl methyl sites for hydroxylation is 1. The zero-order valence-electron chi connectivity index (χ0n) is 38.5. The predicted molar refractivity (Wildman–Crippen MR) is 260 cm³/mol. The standard InChI is InChI=1S/C52H76N8S/c1-10-13-25-52(8,9)32-44-43-30-41(22-23-47(43)59(12-3)51(44)42-21-18-26-54-49(42)36(4)5)46-35-61-48(57-46)31-45(38(7)60-28-17-16-27-55-60)56-37(6)50(40-19-14-15-20-40)58-29-24-39(34-58)33-53-11-2/h10,18,21-23,26,30,35-36,39-40,45,50,53,55-56H,1,6-7,11-17,19-20,24-25,27-29,31-34H2,2-5,8-9H3. The van der Waals surface area contributed by atoms with Crippen molar-refractivity contribution in [3.05, 3.63) is 95.4 Å². The van der Waals surface area contributed by atoms with Crippen molar-refractivity contribution in [2.75, 3.05) is 39.3 Å². The number of hydrazine groups is 1. The number of nitrogens with one attached hydrogen (secondary N) is 3. The molecular weight excluding hydrogens is 769 g/mol. The van der Waals surface area contributed by atoms with E-state index in [1.807, 2.05) is 6.20 Å². The average molecular weight is 845 g/mol. The number of pyridine rings is 1. The maximum Gasteiger partial charge on any atom is 0.0957 e. The van der Waals surface area contributed by atoms with Gasteiger partial charge in [0.05, 0.1) is 34.2 Å². The molecule has 3 aliphatic rings. The van der Waals surface area contributed by atoms with Crippen molar-refractivity contribution in [3.8, 4) is 22.5 Å². The molecule has 1 aromatic carbocycles. The summed E-state index contributed by atoms with van der Waals surface area (Å²) in [6, 6.07) is 11.8. The summed E-state index contributed by atoms with van der Waals surface area (Å²) in [5.74, 6) is 1.67. The normalized spacial score (nSPS) is 18.9. The summed E-state index contributed by atoms with van der Waals surface area (Å²) in [5, 5.41) is 14.7. The van der Waals surface area contributed by atoms with Crippen LogP contribution in [0.2, 0.25) is 0 Å². The molecule has 5 heterocycles. The van der Waals surface area contributed by atoms with Crippen LogP contribution < -0.4 is 16.1 Å². The fraction of sp³-hybridized carbons (Fsp3) is 0.577. The highest BCUT2D eigenvalue weighted by atomic mass is 32.1. The van der Waals surface area contributed by atoms with Crippen LogP contribution in [0.25, 0.3) is 33.4 Å². The third-order valence-electron chi connectivity index (χ3n) is 13.8. The predicted octanol–water partition coefficient (Wildman–Crippen LogP) is 11.1. The van der Waals surface area contributed by atoms with Crippen molar-refractivity contribution in [2.45, 2.75) is 137 Å². The summed E-state index contributed by atoms with van der Waals surface area (Å²) in [4.78, 5) is 13.1. The molecule has 330 valence electrons. The van der Waals surface area contributed by atoms with E-state index in [1.165, 1.54) is 78.2 Å². The zero-order chi connectivity index (χ0) is 43.1. The van der Waals surface area contributed by atoms with Gasteiger partial charge in [0.1, 0.15) is 0 Å². The molecule has 3 unspecified atom stereocenters. The summed E-state index contributed by atoms with van der Waals surface area (Å²) in [6.07, 6.45) is 16.7. The molecule has 0 spiro atoms. The van der Waals surface area contributed by atoms with Crippen LogP contribution in [0.15, 0.2) is 79.1 Å². The van der Waals surface area contributed by atoms with Crippen LogP contribution in [0.1, 0.15) is 122 Å². The van der Waals surface area contributed by atoms with Crippen molar-refractivity contribution in [1.82, 2.24) is 40.5 Å². The molecule has 1 saturated carbocycles. The number of nitrogens with zero attached hydrogens (tertiary/aromatic N) is 5. The fourth-order valence-electron chi connectivity index (χ4n) is 10.6. The topological polar surface area (TPSA) is 73.3 Å². The maximum absolute atomic E-state index is 5.41. The van der Waals surface area contributed by atoms with Crippen LogP contribution in [-0.2, 0) is 19.4 Å². The van der Waals surface area contributed by atoms with Crippen LogP contribution >= 0.6 is 11.3 Å². The lowest BCUT2D eigenvalue weighted by Crippen LogP contribution is -2.51. The monoisotopic (exact) mass is 845 g/mol. The Morgan fingerprint density at radius 1 is 1.07 bits per heavy atom. The first-order valence-corrected chi connectivity index (χ1v) is 24.7. The van der Waals surface area contributed by atoms with E-state index in [4.69, 9.17) is 23.1 Å². The number of likely N-dealkylation sites (tertiary alicyclic amines) is 1. The van der Waals surface area contributed by atoms with Gasteiger partial charge >= 0.3 is 0 Å². The molecule has 9 heteroatoms. The third kappa shape index (κ3) is 10.5. The molecule has 3 fully saturated rings. The van der Waals surface area contributed by atoms with E-state index in [0.29, 0.717) is 23.8 Å². The van der Waals surface area contributed by atoms with Crippen LogP contribution in [0.4, 0.5) is 0 Å². The third-order valence-corrected chi connectivity index (χ3v) is 14.7. The van der Waals surface area contributed by atoms with E-state index >= 15 is 0 Å². The van der Waals surface area contributed by atoms with Crippen molar-refractivity contribution >= 4 is 22.2 Å². The highest BCUT2D eigenvalue weighted by molar-refractivity contribution is 7.10. The van der Waals surface area contributed by atoms with E-state index in [2.05, 4.69) is 120 Å². The molecule has 0 radical (unpaired) electrons. The molecule has 4 aromatic rings. The Morgan fingerprint density at radius 3 is 2.61 bits per heavy atom. The number of hydrogen-bond acceptors (Lipinski definition) is 8. The second-order valence-electron chi connectivity index (χ2n) is 19.3. The fourth-order valence-corrected chi connectivity index (χ4v) is 11.5. The molecule has 8 nitrogen and oxygen atoms in total. The van der Waals surface area contributed by atoms with Gasteiger partial charge in [0, 0.05) is 77.6 Å². The highest BCUT2D eigenvalue weighted by Crippen LogP contribution is 2.43. The molecule has 0 amide bonds. The largest absolute Gasteiger partial charge is 0.379 e. The molecule has 3 aromatic heterocycles. The molecule has 7 rings (SSSR count). The Hall–Kier alpha value is -3.76. The van der Waals surface area contributed by atoms with Gasteiger partial charge < -0.3 is 20.2 Å². The number of fused-ring (bicyclic) bond motifs is 1. The quantitative estimate of drug-likeness (QED) is 0.0722. The first-order chi connectivity index (χ1) is 29.5. The van der Waals surface area contributed by atoms with Crippen molar-refractivity contribution in [3.63, 3.8) is 0 Å². The summed E-state index contributed by atoms with van der Waals surface area (Å²) in [7, 11) is 0. The van der Waals surface area contributed by atoms with Gasteiger partial charge in [-0.3, -0.25) is 9.88 Å². The minimum Gasteiger partial charge on any atom is -0.379 e. The summed E-state index contributed by atoms with van der Waals surface area (Å²) in [5.41, 5.74) is 14.6. The van der Waals surface area contributed by atoms with E-state index in [0.717, 1.165) is 99.3 Å². The molecule has 3 N–H and O–H groups in total. The van der Waals surface area contributed by atoms with Gasteiger partial charge in [-0.2, -0.15) is 0 Å². The van der Waals surface area contributed by atoms with Crippen LogP contribution in [-0.4, -0.2) is 75.8 Å². The maximum atomic E-state index is 5.41. The second kappa shape index (κ2) is 20.6. The Kier molecular flexibility index (Phi) is 15.3.